The fraction of sp³-hybridized carbons (Fsp3) is 0.600. The molecule has 78 valence electrons. The number of aliphatic carboxylic acids is 1. The first-order valence-corrected chi connectivity index (χ1v) is 4.59. The van der Waals surface area contributed by atoms with Crippen LogP contribution >= 0.6 is 0 Å². The zero-order chi connectivity index (χ0) is 10.9. The fourth-order valence-electron chi connectivity index (χ4n) is 1.38. The van der Waals surface area contributed by atoms with Crippen LogP contribution in [0, 0.1) is 5.92 Å². The molecular formula is C10H14O4. The summed E-state index contributed by atoms with van der Waals surface area (Å²) in [6, 6.07) is 0. The van der Waals surface area contributed by atoms with Gasteiger partial charge in [-0.15, -0.1) is 0 Å². The van der Waals surface area contributed by atoms with Crippen molar-refractivity contribution in [1.29, 1.82) is 0 Å². The lowest BCUT2D eigenvalue weighted by Gasteiger charge is -2.33. The number of carbonyl (C=O) groups is 2. The molecule has 1 heterocycles. The van der Waals surface area contributed by atoms with E-state index in [2.05, 4.69) is 0 Å². The molecule has 1 aliphatic heterocycles. The van der Waals surface area contributed by atoms with Gasteiger partial charge in [-0.2, -0.15) is 0 Å². The topological polar surface area (TPSA) is 63.6 Å². The first kappa shape index (κ1) is 10.8. The van der Waals surface area contributed by atoms with Crippen LogP contribution in [0.1, 0.15) is 27.2 Å². The van der Waals surface area contributed by atoms with Crippen LogP contribution in [0.2, 0.25) is 0 Å². The normalized spacial score (nSPS) is 32.1. The highest BCUT2D eigenvalue weighted by molar-refractivity contribution is 5.93. The van der Waals surface area contributed by atoms with E-state index in [1.807, 2.05) is 6.92 Å². The SMILES string of the molecule is CCC1=CC(C)C(C)(C(=O)O)OC1=O. The van der Waals surface area contributed by atoms with Gasteiger partial charge in [0.1, 0.15) is 0 Å². The second kappa shape index (κ2) is 3.44. The highest BCUT2D eigenvalue weighted by Crippen LogP contribution is 2.31. The molecule has 4 heteroatoms. The number of cyclic esters (lactones) is 1. The standard InChI is InChI=1S/C10H14O4/c1-4-7-5-6(2)10(3,9(12)13)14-8(7)11/h5-6H,4H2,1-3H3,(H,12,13). The molecule has 1 aliphatic rings. The molecule has 2 unspecified atom stereocenters. The van der Waals surface area contributed by atoms with E-state index in [1.165, 1.54) is 6.92 Å². The van der Waals surface area contributed by atoms with E-state index in [0.717, 1.165) is 0 Å². The molecule has 0 spiro atoms. The lowest BCUT2D eigenvalue weighted by Crippen LogP contribution is -2.48. The molecule has 4 nitrogen and oxygen atoms in total. The maximum atomic E-state index is 11.3. The van der Waals surface area contributed by atoms with Gasteiger partial charge in [0, 0.05) is 11.5 Å². The van der Waals surface area contributed by atoms with E-state index in [4.69, 9.17) is 9.84 Å². The Morgan fingerprint density at radius 1 is 1.71 bits per heavy atom. The van der Waals surface area contributed by atoms with Gasteiger partial charge in [-0.05, 0) is 13.3 Å². The number of carbonyl (C=O) groups excluding carboxylic acids is 1. The maximum absolute atomic E-state index is 11.3. The van der Waals surface area contributed by atoms with Crippen molar-refractivity contribution in [2.24, 2.45) is 5.92 Å². The molecular weight excluding hydrogens is 184 g/mol. The molecule has 0 aromatic heterocycles. The van der Waals surface area contributed by atoms with Gasteiger partial charge < -0.3 is 9.84 Å². The molecule has 0 amide bonds. The summed E-state index contributed by atoms with van der Waals surface area (Å²) in [6.07, 6.45) is 2.25. The van der Waals surface area contributed by atoms with Crippen molar-refractivity contribution in [3.8, 4) is 0 Å². The van der Waals surface area contributed by atoms with Crippen molar-refractivity contribution in [2.75, 3.05) is 0 Å². The quantitative estimate of drug-likeness (QED) is 0.680. The van der Waals surface area contributed by atoms with Gasteiger partial charge in [-0.25, -0.2) is 9.59 Å². The summed E-state index contributed by atoms with van der Waals surface area (Å²) < 4.78 is 4.94. The third-order valence-electron chi connectivity index (χ3n) is 2.69. The molecule has 0 aromatic rings. The molecule has 0 radical (unpaired) electrons. The molecule has 0 fully saturated rings. The van der Waals surface area contributed by atoms with Crippen molar-refractivity contribution in [3.05, 3.63) is 11.6 Å². The van der Waals surface area contributed by atoms with Crippen LogP contribution in [-0.4, -0.2) is 22.6 Å². The Hall–Kier alpha value is -1.32. The molecule has 0 saturated heterocycles. The lowest BCUT2D eigenvalue weighted by molar-refractivity contribution is -0.180. The number of carboxylic acids is 1. The van der Waals surface area contributed by atoms with Crippen molar-refractivity contribution in [1.82, 2.24) is 0 Å². The second-order valence-corrected chi connectivity index (χ2v) is 3.64. The second-order valence-electron chi connectivity index (χ2n) is 3.64. The lowest BCUT2D eigenvalue weighted by atomic mass is 9.86. The molecule has 0 aromatic carbocycles. The van der Waals surface area contributed by atoms with Crippen molar-refractivity contribution in [2.45, 2.75) is 32.8 Å². The predicted octanol–water partition coefficient (Wildman–Crippen LogP) is 1.36. The summed E-state index contributed by atoms with van der Waals surface area (Å²) in [4.78, 5) is 22.3. The zero-order valence-corrected chi connectivity index (χ0v) is 8.53. The summed E-state index contributed by atoms with van der Waals surface area (Å²) in [5.41, 5.74) is -0.869. The third kappa shape index (κ3) is 1.52. The Bertz CT molecular complexity index is 305. The Kier molecular flexibility index (Phi) is 2.64. The van der Waals surface area contributed by atoms with E-state index in [9.17, 15) is 9.59 Å². The van der Waals surface area contributed by atoms with E-state index < -0.39 is 17.5 Å². The monoisotopic (exact) mass is 198 g/mol. The van der Waals surface area contributed by atoms with Crippen LogP contribution in [-0.2, 0) is 14.3 Å². The largest absolute Gasteiger partial charge is 0.478 e. The first-order valence-electron chi connectivity index (χ1n) is 4.59. The average molecular weight is 198 g/mol. The highest BCUT2D eigenvalue weighted by atomic mass is 16.6. The number of hydrogen-bond acceptors (Lipinski definition) is 3. The third-order valence-corrected chi connectivity index (χ3v) is 2.69. The first-order chi connectivity index (χ1) is 6.41. The van der Waals surface area contributed by atoms with Crippen molar-refractivity contribution in [3.63, 3.8) is 0 Å². The smallest absolute Gasteiger partial charge is 0.348 e. The summed E-state index contributed by atoms with van der Waals surface area (Å²) in [5.74, 6) is -1.92. The summed E-state index contributed by atoms with van der Waals surface area (Å²) in [6.45, 7) is 4.99. The molecule has 1 N–H and O–H groups in total. The molecule has 0 bridgehead atoms. The number of ether oxygens (including phenoxy) is 1. The van der Waals surface area contributed by atoms with E-state index in [-0.39, 0.29) is 5.92 Å². The van der Waals surface area contributed by atoms with Crippen LogP contribution in [0.4, 0.5) is 0 Å². The van der Waals surface area contributed by atoms with Crippen LogP contribution in [0.15, 0.2) is 11.6 Å². The Morgan fingerprint density at radius 3 is 2.71 bits per heavy atom. The Balaban J connectivity index is 3.05. The minimum absolute atomic E-state index is 0.298. The van der Waals surface area contributed by atoms with Gasteiger partial charge >= 0.3 is 11.9 Å². The highest BCUT2D eigenvalue weighted by Gasteiger charge is 2.45. The van der Waals surface area contributed by atoms with Crippen LogP contribution in [0.3, 0.4) is 0 Å². The van der Waals surface area contributed by atoms with Gasteiger partial charge in [0.2, 0.25) is 5.60 Å². The fourth-order valence-corrected chi connectivity index (χ4v) is 1.38. The summed E-state index contributed by atoms with van der Waals surface area (Å²) in [7, 11) is 0. The van der Waals surface area contributed by atoms with Gasteiger partial charge in [0.25, 0.3) is 0 Å². The molecule has 0 aliphatic carbocycles. The predicted molar refractivity (Wildman–Crippen MR) is 49.7 cm³/mol. The number of hydrogen-bond donors (Lipinski definition) is 1. The van der Waals surface area contributed by atoms with Crippen molar-refractivity contribution >= 4 is 11.9 Å². The maximum Gasteiger partial charge on any atom is 0.348 e. The number of esters is 1. The van der Waals surface area contributed by atoms with Crippen LogP contribution < -0.4 is 0 Å². The van der Waals surface area contributed by atoms with Gasteiger partial charge in [-0.3, -0.25) is 0 Å². The Labute approximate surface area is 82.6 Å². The minimum Gasteiger partial charge on any atom is -0.478 e. The number of rotatable bonds is 2. The molecule has 14 heavy (non-hydrogen) atoms. The van der Waals surface area contributed by atoms with Crippen LogP contribution in [0.5, 0.6) is 0 Å². The van der Waals surface area contributed by atoms with E-state index in [1.54, 1.807) is 13.0 Å². The molecule has 2 atom stereocenters. The molecule has 1 rings (SSSR count). The van der Waals surface area contributed by atoms with Crippen LogP contribution in [0.25, 0.3) is 0 Å². The van der Waals surface area contributed by atoms with Crippen molar-refractivity contribution < 1.29 is 19.4 Å². The molecule has 0 saturated carbocycles. The average Bonchev–Trinajstić information content (AvgIpc) is 2.11. The van der Waals surface area contributed by atoms with Gasteiger partial charge in [-0.1, -0.05) is 19.9 Å². The summed E-state index contributed by atoms with van der Waals surface area (Å²) >= 11 is 0. The zero-order valence-electron chi connectivity index (χ0n) is 8.53. The minimum atomic E-state index is -1.42. The van der Waals surface area contributed by atoms with Gasteiger partial charge in [0.05, 0.1) is 0 Å². The van der Waals surface area contributed by atoms with E-state index in [0.29, 0.717) is 12.0 Å². The summed E-state index contributed by atoms with van der Waals surface area (Å²) in [5, 5.41) is 8.94. The van der Waals surface area contributed by atoms with Gasteiger partial charge in [0.15, 0.2) is 0 Å². The van der Waals surface area contributed by atoms with E-state index >= 15 is 0 Å². The number of carboxylic acid groups (broad SMARTS) is 1. The Morgan fingerprint density at radius 2 is 2.29 bits per heavy atom.